The first-order valence-electron chi connectivity index (χ1n) is 8.87. The summed E-state index contributed by atoms with van der Waals surface area (Å²) in [7, 11) is 1.66. The van der Waals surface area contributed by atoms with Gasteiger partial charge in [-0.25, -0.2) is 4.98 Å². The number of aryl methyl sites for hydroxylation is 3. The highest BCUT2D eigenvalue weighted by Gasteiger charge is 2.19. The van der Waals surface area contributed by atoms with Gasteiger partial charge in [-0.05, 0) is 49.8 Å². The summed E-state index contributed by atoms with van der Waals surface area (Å²) in [6, 6.07) is 5.90. The van der Waals surface area contributed by atoms with Crippen LogP contribution >= 0.6 is 11.3 Å². The monoisotopic (exact) mass is 354 g/mol. The van der Waals surface area contributed by atoms with Gasteiger partial charge in [-0.15, -0.1) is 11.3 Å². The van der Waals surface area contributed by atoms with E-state index in [0.29, 0.717) is 5.82 Å². The Labute approximate surface area is 150 Å². The lowest BCUT2D eigenvalue weighted by atomic mass is 9.98. The van der Waals surface area contributed by atoms with Crippen molar-refractivity contribution in [3.05, 3.63) is 44.6 Å². The van der Waals surface area contributed by atoms with Crippen LogP contribution in [-0.2, 0) is 12.8 Å². The van der Waals surface area contributed by atoms with Gasteiger partial charge in [-0.3, -0.25) is 4.79 Å². The smallest absolute Gasteiger partial charge is 0.260 e. The molecule has 2 heterocycles. The number of nitrogens with zero attached hydrogens (tertiary/aromatic N) is 1. The Hall–Kier alpha value is -2.14. The van der Waals surface area contributed by atoms with Gasteiger partial charge in [0.2, 0.25) is 0 Å². The molecule has 0 spiro atoms. The predicted molar refractivity (Wildman–Crippen MR) is 103 cm³/mol. The molecule has 1 aromatic carbocycles. The summed E-state index contributed by atoms with van der Waals surface area (Å²) in [5.74, 6) is 1.42. The molecule has 130 valence electrons. The van der Waals surface area contributed by atoms with Crippen LogP contribution in [0.2, 0.25) is 0 Å². The fourth-order valence-corrected chi connectivity index (χ4v) is 4.88. The van der Waals surface area contributed by atoms with Crippen molar-refractivity contribution >= 4 is 21.6 Å². The Balaban J connectivity index is 1.86. The van der Waals surface area contributed by atoms with Gasteiger partial charge in [0.25, 0.3) is 5.56 Å². The molecule has 0 radical (unpaired) electrons. The lowest BCUT2D eigenvalue weighted by Crippen LogP contribution is -2.10. The molecule has 0 unspecified atom stereocenters. The third kappa shape index (κ3) is 2.97. The van der Waals surface area contributed by atoms with Crippen LogP contribution in [0.5, 0.6) is 5.75 Å². The summed E-state index contributed by atoms with van der Waals surface area (Å²) in [5, 5.41) is 0.810. The second-order valence-corrected chi connectivity index (χ2v) is 7.78. The van der Waals surface area contributed by atoms with Crippen LogP contribution in [0.4, 0.5) is 0 Å². The van der Waals surface area contributed by atoms with E-state index in [9.17, 15) is 4.79 Å². The molecule has 5 heteroatoms. The molecule has 0 bridgehead atoms. The van der Waals surface area contributed by atoms with Gasteiger partial charge in [0.05, 0.1) is 12.5 Å². The second-order valence-electron chi connectivity index (χ2n) is 6.70. The maximum atomic E-state index is 12.8. The van der Waals surface area contributed by atoms with Crippen molar-refractivity contribution in [1.82, 2.24) is 9.97 Å². The molecule has 0 fully saturated rings. The number of thiophene rings is 1. The molecular formula is C20H22N2O2S. The number of H-pyrrole nitrogens is 1. The van der Waals surface area contributed by atoms with Crippen molar-refractivity contribution in [3.8, 4) is 17.1 Å². The van der Waals surface area contributed by atoms with Crippen molar-refractivity contribution < 1.29 is 4.74 Å². The minimum atomic E-state index is -0.0161. The maximum Gasteiger partial charge on any atom is 0.260 e. The first kappa shape index (κ1) is 16.3. The highest BCUT2D eigenvalue weighted by Crippen LogP contribution is 2.33. The van der Waals surface area contributed by atoms with E-state index in [1.807, 2.05) is 25.1 Å². The van der Waals surface area contributed by atoms with E-state index in [0.717, 1.165) is 46.4 Å². The molecular weight excluding hydrogens is 332 g/mol. The summed E-state index contributed by atoms with van der Waals surface area (Å²) in [6.45, 7) is 2.00. The van der Waals surface area contributed by atoms with Crippen molar-refractivity contribution in [2.75, 3.05) is 7.11 Å². The summed E-state index contributed by atoms with van der Waals surface area (Å²) in [6.07, 6.45) is 6.98. The molecule has 1 aliphatic carbocycles. The van der Waals surface area contributed by atoms with E-state index in [1.54, 1.807) is 18.4 Å². The van der Waals surface area contributed by atoms with Gasteiger partial charge in [-0.1, -0.05) is 25.0 Å². The zero-order valence-corrected chi connectivity index (χ0v) is 15.5. The molecule has 0 saturated heterocycles. The first-order chi connectivity index (χ1) is 12.2. The number of aromatic nitrogens is 2. The zero-order chi connectivity index (χ0) is 17.4. The first-order valence-corrected chi connectivity index (χ1v) is 9.68. The normalized spacial score (nSPS) is 14.8. The molecule has 1 aliphatic rings. The molecule has 0 atom stereocenters. The quantitative estimate of drug-likeness (QED) is 0.730. The number of nitrogens with one attached hydrogen (secondary N) is 1. The third-order valence-corrected chi connectivity index (χ3v) is 6.19. The summed E-state index contributed by atoms with van der Waals surface area (Å²) < 4.78 is 5.40. The number of hydrogen-bond acceptors (Lipinski definition) is 4. The number of ether oxygens (including phenoxy) is 1. The lowest BCUT2D eigenvalue weighted by Gasteiger charge is -2.09. The topological polar surface area (TPSA) is 55.0 Å². The van der Waals surface area contributed by atoms with Crippen LogP contribution in [-0.4, -0.2) is 17.1 Å². The standard InChI is InChI=1S/C20H22N2O2S/c1-12-9-10-13(11-15(12)24-2)18-21-19(23)17-14-7-5-3-4-6-8-16(14)25-20(17)22-18/h9-11H,3-8H2,1-2H3,(H,21,22,23). The van der Waals surface area contributed by atoms with E-state index >= 15 is 0 Å². The molecule has 3 aromatic rings. The van der Waals surface area contributed by atoms with E-state index in [-0.39, 0.29) is 5.56 Å². The SMILES string of the molecule is COc1cc(-c2nc3sc4c(c3c(=O)[nH]2)CCCCCC4)ccc1C. The van der Waals surface area contributed by atoms with Crippen LogP contribution in [0.1, 0.15) is 41.7 Å². The predicted octanol–water partition coefficient (Wildman–Crippen LogP) is 4.63. The van der Waals surface area contributed by atoms with Gasteiger partial charge in [0, 0.05) is 10.4 Å². The van der Waals surface area contributed by atoms with Crippen molar-refractivity contribution in [2.45, 2.75) is 45.4 Å². The number of benzene rings is 1. The lowest BCUT2D eigenvalue weighted by molar-refractivity contribution is 0.412. The molecule has 1 N–H and O–H groups in total. The maximum absolute atomic E-state index is 12.8. The zero-order valence-electron chi connectivity index (χ0n) is 14.6. The Morgan fingerprint density at radius 1 is 1.16 bits per heavy atom. The van der Waals surface area contributed by atoms with E-state index in [1.165, 1.54) is 29.7 Å². The fourth-order valence-electron chi connectivity index (χ4n) is 3.62. The van der Waals surface area contributed by atoms with Crippen LogP contribution < -0.4 is 10.3 Å². The Morgan fingerprint density at radius 3 is 2.76 bits per heavy atom. The van der Waals surface area contributed by atoms with E-state index < -0.39 is 0 Å². The van der Waals surface area contributed by atoms with Gasteiger partial charge in [0.1, 0.15) is 16.4 Å². The number of rotatable bonds is 2. The minimum absolute atomic E-state index is 0.0161. The fraction of sp³-hybridized carbons (Fsp3) is 0.400. The summed E-state index contributed by atoms with van der Waals surface area (Å²) >= 11 is 1.70. The van der Waals surface area contributed by atoms with Crippen LogP contribution in [0, 0.1) is 6.92 Å². The molecule has 0 saturated carbocycles. The van der Waals surface area contributed by atoms with Crippen molar-refractivity contribution in [1.29, 1.82) is 0 Å². The molecule has 4 rings (SSSR count). The molecule has 4 nitrogen and oxygen atoms in total. The third-order valence-electron chi connectivity index (χ3n) is 5.01. The molecule has 25 heavy (non-hydrogen) atoms. The van der Waals surface area contributed by atoms with Crippen LogP contribution in [0.15, 0.2) is 23.0 Å². The number of hydrogen-bond donors (Lipinski definition) is 1. The highest BCUT2D eigenvalue weighted by molar-refractivity contribution is 7.18. The van der Waals surface area contributed by atoms with Gasteiger partial charge < -0.3 is 9.72 Å². The van der Waals surface area contributed by atoms with Crippen molar-refractivity contribution in [2.24, 2.45) is 0 Å². The Kier molecular flexibility index (Phi) is 4.34. The average molecular weight is 354 g/mol. The number of fused-ring (bicyclic) bond motifs is 3. The Bertz CT molecular complexity index is 987. The highest BCUT2D eigenvalue weighted by atomic mass is 32.1. The van der Waals surface area contributed by atoms with Crippen LogP contribution in [0.25, 0.3) is 21.6 Å². The largest absolute Gasteiger partial charge is 0.496 e. The Morgan fingerprint density at radius 2 is 1.96 bits per heavy atom. The van der Waals surface area contributed by atoms with Gasteiger partial charge >= 0.3 is 0 Å². The molecule has 0 amide bonds. The minimum Gasteiger partial charge on any atom is -0.496 e. The van der Waals surface area contributed by atoms with E-state index in [2.05, 4.69) is 4.98 Å². The molecule has 0 aliphatic heterocycles. The van der Waals surface area contributed by atoms with Gasteiger partial charge in [0.15, 0.2) is 0 Å². The summed E-state index contributed by atoms with van der Waals surface area (Å²) in [5.41, 5.74) is 3.16. The van der Waals surface area contributed by atoms with Crippen molar-refractivity contribution in [3.63, 3.8) is 0 Å². The number of methoxy groups -OCH3 is 1. The van der Waals surface area contributed by atoms with E-state index in [4.69, 9.17) is 9.72 Å². The molecule has 2 aromatic heterocycles. The number of aromatic amines is 1. The van der Waals surface area contributed by atoms with Crippen LogP contribution in [0.3, 0.4) is 0 Å². The average Bonchev–Trinajstić information content (AvgIpc) is 2.92. The second kappa shape index (κ2) is 6.64. The summed E-state index contributed by atoms with van der Waals surface area (Å²) in [4.78, 5) is 22.8. The van der Waals surface area contributed by atoms with Gasteiger partial charge in [-0.2, -0.15) is 0 Å².